The average molecular weight is 225 g/mol. The van der Waals surface area contributed by atoms with Gasteiger partial charge >= 0.3 is 0 Å². The first-order valence-corrected chi connectivity index (χ1v) is 5.61. The highest BCUT2D eigenvalue weighted by Crippen LogP contribution is 2.22. The Balaban J connectivity index is 2.27. The van der Waals surface area contributed by atoms with Crippen molar-refractivity contribution in [3.63, 3.8) is 0 Å². The fourth-order valence-corrected chi connectivity index (χ4v) is 2.30. The normalized spacial score (nSPS) is 14.9. The van der Waals surface area contributed by atoms with Gasteiger partial charge in [0.05, 0.1) is 11.6 Å². The van der Waals surface area contributed by atoms with Crippen molar-refractivity contribution in [1.82, 2.24) is 9.88 Å². The lowest BCUT2D eigenvalue weighted by atomic mass is 10.2. The summed E-state index contributed by atoms with van der Waals surface area (Å²) in [5.74, 6) is -0.0304. The topological polar surface area (TPSA) is 57.8 Å². The van der Waals surface area contributed by atoms with Crippen molar-refractivity contribution in [2.75, 3.05) is 6.54 Å². The minimum Gasteiger partial charge on any atom is -0.351 e. The zero-order chi connectivity index (χ0) is 11.8. The minimum absolute atomic E-state index is 0.0304. The third kappa shape index (κ3) is 1.48. The molecule has 3 rings (SSSR count). The third-order valence-electron chi connectivity index (χ3n) is 3.11. The summed E-state index contributed by atoms with van der Waals surface area (Å²) in [5.41, 5.74) is 2.34. The zero-order valence-corrected chi connectivity index (χ0v) is 9.23. The van der Waals surface area contributed by atoms with Gasteiger partial charge in [0.15, 0.2) is 0 Å². The lowest BCUT2D eigenvalue weighted by molar-refractivity contribution is 0.0951. The van der Waals surface area contributed by atoms with Gasteiger partial charge < -0.3 is 9.88 Å². The Morgan fingerprint density at radius 2 is 2.24 bits per heavy atom. The number of nitrogens with one attached hydrogen (secondary N) is 1. The molecule has 4 nitrogen and oxygen atoms in total. The van der Waals surface area contributed by atoms with Crippen molar-refractivity contribution in [3.8, 4) is 6.07 Å². The molecule has 1 aromatic heterocycles. The summed E-state index contributed by atoms with van der Waals surface area (Å²) < 4.78 is 2.03. The zero-order valence-electron chi connectivity index (χ0n) is 9.23. The number of fused-ring (bicyclic) bond motifs is 3. The maximum absolute atomic E-state index is 11.8. The number of carbonyl (C=O) groups excluding carboxylic acids is 1. The summed E-state index contributed by atoms with van der Waals surface area (Å²) in [4.78, 5) is 11.8. The van der Waals surface area contributed by atoms with Gasteiger partial charge in [0.25, 0.3) is 5.91 Å². The molecule has 0 saturated carbocycles. The summed E-state index contributed by atoms with van der Waals surface area (Å²) in [6.07, 6.45) is 0.933. The molecule has 1 aromatic carbocycles. The van der Waals surface area contributed by atoms with Gasteiger partial charge in [-0.25, -0.2) is 0 Å². The fourth-order valence-electron chi connectivity index (χ4n) is 2.30. The summed E-state index contributed by atoms with van der Waals surface area (Å²) in [6.45, 7) is 1.56. The molecule has 0 spiro atoms. The first-order chi connectivity index (χ1) is 8.29. The largest absolute Gasteiger partial charge is 0.351 e. The van der Waals surface area contributed by atoms with Crippen molar-refractivity contribution < 1.29 is 4.79 Å². The molecule has 0 radical (unpaired) electrons. The van der Waals surface area contributed by atoms with Gasteiger partial charge in [-0.3, -0.25) is 4.79 Å². The van der Waals surface area contributed by atoms with E-state index in [0.717, 1.165) is 30.4 Å². The van der Waals surface area contributed by atoms with Gasteiger partial charge in [-0.15, -0.1) is 0 Å². The van der Waals surface area contributed by atoms with Crippen molar-refractivity contribution in [1.29, 1.82) is 5.26 Å². The highest BCUT2D eigenvalue weighted by molar-refractivity contribution is 5.99. The average Bonchev–Trinajstić information content (AvgIpc) is 2.62. The van der Waals surface area contributed by atoms with Crippen LogP contribution >= 0.6 is 0 Å². The Morgan fingerprint density at radius 3 is 3.06 bits per heavy atom. The van der Waals surface area contributed by atoms with Crippen LogP contribution in [-0.4, -0.2) is 17.0 Å². The Bertz CT molecular complexity index is 648. The monoisotopic (exact) mass is 225 g/mol. The quantitative estimate of drug-likeness (QED) is 0.741. The van der Waals surface area contributed by atoms with Crippen LogP contribution in [0.5, 0.6) is 0 Å². The maximum Gasteiger partial charge on any atom is 0.267 e. The molecule has 4 heteroatoms. The van der Waals surface area contributed by atoms with E-state index in [1.807, 2.05) is 22.8 Å². The summed E-state index contributed by atoms with van der Waals surface area (Å²) in [7, 11) is 0. The summed E-state index contributed by atoms with van der Waals surface area (Å²) in [6, 6.07) is 9.50. The number of hydrogen-bond acceptors (Lipinski definition) is 2. The molecule has 1 aliphatic rings. The van der Waals surface area contributed by atoms with Crippen LogP contribution in [0.1, 0.15) is 22.5 Å². The molecule has 84 valence electrons. The van der Waals surface area contributed by atoms with E-state index in [9.17, 15) is 4.79 Å². The van der Waals surface area contributed by atoms with Gasteiger partial charge in [-0.2, -0.15) is 5.26 Å². The highest BCUT2D eigenvalue weighted by Gasteiger charge is 2.17. The van der Waals surface area contributed by atoms with Crippen LogP contribution in [-0.2, 0) is 6.54 Å². The third-order valence-corrected chi connectivity index (χ3v) is 3.11. The second-order valence-corrected chi connectivity index (χ2v) is 4.18. The standard InChI is InChI=1S/C13H11N3O/c14-8-9-2-3-11-10(6-9)7-12-13(17)15-4-1-5-16(11)12/h2-3,6-7H,1,4-5H2,(H,15,17). The summed E-state index contributed by atoms with van der Waals surface area (Å²) >= 11 is 0. The minimum atomic E-state index is -0.0304. The fraction of sp³-hybridized carbons (Fsp3) is 0.231. The van der Waals surface area contributed by atoms with Crippen LogP contribution in [0.2, 0.25) is 0 Å². The number of hydrogen-bond donors (Lipinski definition) is 1. The Morgan fingerprint density at radius 1 is 1.35 bits per heavy atom. The second-order valence-electron chi connectivity index (χ2n) is 4.18. The smallest absolute Gasteiger partial charge is 0.267 e. The first-order valence-electron chi connectivity index (χ1n) is 5.61. The van der Waals surface area contributed by atoms with E-state index < -0.39 is 0 Å². The van der Waals surface area contributed by atoms with Crippen molar-refractivity contribution in [2.45, 2.75) is 13.0 Å². The molecule has 0 aliphatic carbocycles. The number of benzene rings is 1. The number of nitrogens with zero attached hydrogens (tertiary/aromatic N) is 2. The molecule has 1 aliphatic heterocycles. The van der Waals surface area contributed by atoms with Gasteiger partial charge in [-0.05, 0) is 30.7 Å². The van der Waals surface area contributed by atoms with E-state index in [0.29, 0.717) is 11.3 Å². The van der Waals surface area contributed by atoms with Gasteiger partial charge in [0, 0.05) is 24.0 Å². The molecule has 0 bridgehead atoms. The van der Waals surface area contributed by atoms with E-state index in [2.05, 4.69) is 11.4 Å². The van der Waals surface area contributed by atoms with E-state index in [4.69, 9.17) is 5.26 Å². The molecule has 1 amide bonds. The second kappa shape index (κ2) is 3.63. The van der Waals surface area contributed by atoms with Crippen molar-refractivity contribution >= 4 is 16.8 Å². The van der Waals surface area contributed by atoms with Gasteiger partial charge in [0.1, 0.15) is 5.69 Å². The SMILES string of the molecule is N#Cc1ccc2c(c1)cc1n2CCCNC1=O. The maximum atomic E-state index is 11.8. The molecule has 2 aromatic rings. The van der Waals surface area contributed by atoms with Crippen molar-refractivity contribution in [2.24, 2.45) is 0 Å². The van der Waals surface area contributed by atoms with Gasteiger partial charge in [-0.1, -0.05) is 0 Å². The molecule has 0 fully saturated rings. The summed E-state index contributed by atoms with van der Waals surface area (Å²) in [5, 5.41) is 12.7. The molecule has 1 N–H and O–H groups in total. The van der Waals surface area contributed by atoms with E-state index in [-0.39, 0.29) is 5.91 Å². The Labute approximate surface area is 98.5 Å². The molecule has 0 unspecified atom stereocenters. The van der Waals surface area contributed by atoms with Crippen LogP contribution in [0.4, 0.5) is 0 Å². The number of aromatic nitrogens is 1. The molecule has 17 heavy (non-hydrogen) atoms. The number of nitriles is 1. The molecular weight excluding hydrogens is 214 g/mol. The molecule has 0 saturated heterocycles. The lowest BCUT2D eigenvalue weighted by Crippen LogP contribution is -2.22. The lowest BCUT2D eigenvalue weighted by Gasteiger charge is -2.04. The molecule has 0 atom stereocenters. The molecular formula is C13H11N3O. The Kier molecular flexibility index (Phi) is 2.12. The number of amides is 1. The molecule has 2 heterocycles. The van der Waals surface area contributed by atoms with E-state index in [1.165, 1.54) is 0 Å². The number of aryl methyl sites for hydroxylation is 1. The van der Waals surface area contributed by atoms with Crippen LogP contribution in [0.25, 0.3) is 10.9 Å². The van der Waals surface area contributed by atoms with Crippen LogP contribution in [0.15, 0.2) is 24.3 Å². The predicted octanol–water partition coefficient (Wildman–Crippen LogP) is 1.65. The van der Waals surface area contributed by atoms with Crippen LogP contribution in [0.3, 0.4) is 0 Å². The Hall–Kier alpha value is -2.28. The first kappa shape index (κ1) is 9.91. The van der Waals surface area contributed by atoms with Crippen LogP contribution < -0.4 is 5.32 Å². The van der Waals surface area contributed by atoms with Gasteiger partial charge in [0.2, 0.25) is 0 Å². The van der Waals surface area contributed by atoms with E-state index >= 15 is 0 Å². The predicted molar refractivity (Wildman–Crippen MR) is 63.6 cm³/mol. The van der Waals surface area contributed by atoms with Crippen molar-refractivity contribution in [3.05, 3.63) is 35.5 Å². The van der Waals surface area contributed by atoms with Crippen LogP contribution in [0, 0.1) is 11.3 Å². The number of carbonyl (C=O) groups is 1. The highest BCUT2D eigenvalue weighted by atomic mass is 16.1. The van der Waals surface area contributed by atoms with E-state index in [1.54, 1.807) is 6.07 Å². The number of rotatable bonds is 0.